The summed E-state index contributed by atoms with van der Waals surface area (Å²) in [7, 11) is 1.60. The average molecular weight is 399 g/mol. The fraction of sp³-hybridized carbons (Fsp3) is 0.450. The van der Waals surface area contributed by atoms with E-state index >= 15 is 0 Å². The number of ether oxygens (including phenoxy) is 1. The van der Waals surface area contributed by atoms with E-state index in [0.29, 0.717) is 47.8 Å². The molecule has 0 bridgehead atoms. The standard InChI is InChI=1S/C20H25N5O4/c1-20(2,3)25(19(26)27)11-7-8-24(10-11)17-16-15(22-18(21)23-17)13-9-12(28-4)5-6-14(13)29-16/h5-6,9,11H,7-8,10H2,1-4H3,(H,26,27)(H2,21,22,23). The van der Waals surface area contributed by atoms with Crippen LogP contribution in [0.1, 0.15) is 27.2 Å². The van der Waals surface area contributed by atoms with Gasteiger partial charge in [0.25, 0.3) is 0 Å². The van der Waals surface area contributed by atoms with Crippen LogP contribution in [0.15, 0.2) is 22.6 Å². The van der Waals surface area contributed by atoms with Crippen LogP contribution in [0.4, 0.5) is 16.6 Å². The molecule has 0 saturated carbocycles. The highest BCUT2D eigenvalue weighted by Crippen LogP contribution is 2.37. The number of benzene rings is 1. The summed E-state index contributed by atoms with van der Waals surface area (Å²) in [4.78, 5) is 24.2. The van der Waals surface area contributed by atoms with Crippen molar-refractivity contribution < 1.29 is 19.1 Å². The third-order valence-electron chi connectivity index (χ3n) is 5.28. The molecule has 1 fully saturated rings. The van der Waals surface area contributed by atoms with Crippen molar-refractivity contribution in [1.29, 1.82) is 0 Å². The number of furan rings is 1. The van der Waals surface area contributed by atoms with Crippen molar-refractivity contribution in [3.63, 3.8) is 0 Å². The molecule has 3 N–H and O–H groups in total. The molecule has 4 rings (SSSR count). The molecule has 3 aromatic rings. The molecule has 0 spiro atoms. The minimum Gasteiger partial charge on any atom is -0.497 e. The summed E-state index contributed by atoms with van der Waals surface area (Å²) < 4.78 is 11.4. The Labute approximate surface area is 168 Å². The molecule has 1 unspecified atom stereocenters. The normalized spacial score (nSPS) is 17.2. The van der Waals surface area contributed by atoms with Crippen molar-refractivity contribution in [3.05, 3.63) is 18.2 Å². The number of methoxy groups -OCH3 is 1. The molecule has 1 aliphatic heterocycles. The number of nitrogen functional groups attached to an aromatic ring is 1. The maximum atomic E-state index is 11.9. The van der Waals surface area contributed by atoms with E-state index in [1.807, 2.05) is 43.9 Å². The van der Waals surface area contributed by atoms with Gasteiger partial charge in [-0.25, -0.2) is 9.78 Å². The number of anilines is 2. The monoisotopic (exact) mass is 399 g/mol. The Morgan fingerprint density at radius 3 is 2.79 bits per heavy atom. The van der Waals surface area contributed by atoms with Crippen LogP contribution in [0.3, 0.4) is 0 Å². The maximum Gasteiger partial charge on any atom is 0.408 e. The van der Waals surface area contributed by atoms with E-state index in [4.69, 9.17) is 14.9 Å². The lowest BCUT2D eigenvalue weighted by Crippen LogP contribution is -2.52. The number of nitrogens with zero attached hydrogens (tertiary/aromatic N) is 4. The first-order valence-corrected chi connectivity index (χ1v) is 9.50. The Morgan fingerprint density at radius 2 is 2.14 bits per heavy atom. The van der Waals surface area contributed by atoms with Crippen LogP contribution >= 0.6 is 0 Å². The molecule has 1 aliphatic rings. The number of amides is 1. The lowest BCUT2D eigenvalue weighted by Gasteiger charge is -2.37. The van der Waals surface area contributed by atoms with Crippen molar-refractivity contribution >= 4 is 39.9 Å². The summed E-state index contributed by atoms with van der Waals surface area (Å²) in [6, 6.07) is 5.36. The van der Waals surface area contributed by atoms with Crippen molar-refractivity contribution in [1.82, 2.24) is 14.9 Å². The SMILES string of the molecule is COc1ccc2oc3c(N4CCC(N(C(=O)O)C(C)(C)C)C4)nc(N)nc3c2c1. The van der Waals surface area contributed by atoms with Gasteiger partial charge >= 0.3 is 6.09 Å². The number of aromatic nitrogens is 2. The van der Waals surface area contributed by atoms with Crippen molar-refractivity contribution in [3.8, 4) is 5.75 Å². The van der Waals surface area contributed by atoms with Gasteiger partial charge in [-0.3, -0.25) is 4.90 Å². The number of carbonyl (C=O) groups is 1. The van der Waals surface area contributed by atoms with Crippen molar-refractivity contribution in [2.45, 2.75) is 38.8 Å². The van der Waals surface area contributed by atoms with Gasteiger partial charge in [0.15, 0.2) is 11.4 Å². The van der Waals surface area contributed by atoms with E-state index in [1.165, 1.54) is 4.90 Å². The van der Waals surface area contributed by atoms with Gasteiger partial charge in [-0.05, 0) is 45.4 Å². The van der Waals surface area contributed by atoms with Crippen LogP contribution in [0.2, 0.25) is 0 Å². The molecule has 2 aromatic heterocycles. The first kappa shape index (κ1) is 19.1. The molecule has 0 radical (unpaired) electrons. The molecule has 1 atom stereocenters. The molecule has 154 valence electrons. The summed E-state index contributed by atoms with van der Waals surface area (Å²) >= 11 is 0. The van der Waals surface area contributed by atoms with E-state index in [-0.39, 0.29) is 12.0 Å². The number of fused-ring (bicyclic) bond motifs is 3. The molecular formula is C20H25N5O4. The zero-order valence-electron chi connectivity index (χ0n) is 17.0. The van der Waals surface area contributed by atoms with E-state index in [1.54, 1.807) is 7.11 Å². The first-order valence-electron chi connectivity index (χ1n) is 9.50. The zero-order chi connectivity index (χ0) is 20.9. The van der Waals surface area contributed by atoms with Gasteiger partial charge in [0.05, 0.1) is 18.5 Å². The van der Waals surface area contributed by atoms with Crippen LogP contribution in [0, 0.1) is 0 Å². The number of hydrogen-bond donors (Lipinski definition) is 2. The largest absolute Gasteiger partial charge is 0.497 e. The van der Waals surface area contributed by atoms with Crippen LogP contribution in [-0.4, -0.2) is 57.8 Å². The third-order valence-corrected chi connectivity index (χ3v) is 5.28. The number of rotatable bonds is 3. The number of nitrogens with two attached hydrogens (primary N) is 1. The summed E-state index contributed by atoms with van der Waals surface area (Å²) in [5.41, 5.74) is 7.33. The molecule has 1 amide bonds. The minimum absolute atomic E-state index is 0.146. The van der Waals surface area contributed by atoms with Crippen LogP contribution in [0.25, 0.3) is 22.1 Å². The molecular weight excluding hydrogens is 374 g/mol. The summed E-state index contributed by atoms with van der Waals surface area (Å²) in [6.45, 7) is 6.86. The Morgan fingerprint density at radius 1 is 1.38 bits per heavy atom. The van der Waals surface area contributed by atoms with Gasteiger partial charge in [-0.1, -0.05) is 0 Å². The highest BCUT2D eigenvalue weighted by atomic mass is 16.5. The summed E-state index contributed by atoms with van der Waals surface area (Å²) in [6.07, 6.45) is -0.226. The zero-order valence-corrected chi connectivity index (χ0v) is 17.0. The maximum absolute atomic E-state index is 11.9. The van der Waals surface area contributed by atoms with E-state index in [9.17, 15) is 9.90 Å². The predicted octanol–water partition coefficient (Wildman–Crippen LogP) is 3.32. The van der Waals surface area contributed by atoms with Gasteiger partial charge in [0, 0.05) is 18.6 Å². The molecule has 29 heavy (non-hydrogen) atoms. The van der Waals surface area contributed by atoms with Gasteiger partial charge in [-0.15, -0.1) is 0 Å². The molecule has 1 aromatic carbocycles. The van der Waals surface area contributed by atoms with Crippen LogP contribution < -0.4 is 15.4 Å². The molecule has 1 saturated heterocycles. The second-order valence-corrected chi connectivity index (χ2v) is 8.26. The molecule has 3 heterocycles. The highest BCUT2D eigenvalue weighted by Gasteiger charge is 2.38. The molecule has 9 heteroatoms. The van der Waals surface area contributed by atoms with Crippen LogP contribution in [0.5, 0.6) is 5.75 Å². The van der Waals surface area contributed by atoms with Gasteiger partial charge in [0.1, 0.15) is 16.8 Å². The van der Waals surface area contributed by atoms with Gasteiger partial charge in [0.2, 0.25) is 5.95 Å². The van der Waals surface area contributed by atoms with Gasteiger partial charge in [-0.2, -0.15) is 4.98 Å². The van der Waals surface area contributed by atoms with Crippen LogP contribution in [-0.2, 0) is 0 Å². The molecule has 9 nitrogen and oxygen atoms in total. The Kier molecular flexibility index (Phi) is 4.40. The topological polar surface area (TPSA) is 118 Å². The van der Waals surface area contributed by atoms with Gasteiger partial charge < -0.3 is 24.9 Å². The third kappa shape index (κ3) is 3.26. The van der Waals surface area contributed by atoms with E-state index < -0.39 is 11.6 Å². The Hall–Kier alpha value is -3.23. The number of carboxylic acid groups (broad SMARTS) is 1. The van der Waals surface area contributed by atoms with Crippen molar-refractivity contribution in [2.75, 3.05) is 30.8 Å². The molecule has 0 aliphatic carbocycles. The summed E-state index contributed by atoms with van der Waals surface area (Å²) in [5, 5.41) is 10.5. The minimum atomic E-state index is -0.924. The highest BCUT2D eigenvalue weighted by molar-refractivity contribution is 6.06. The smallest absolute Gasteiger partial charge is 0.408 e. The van der Waals surface area contributed by atoms with Crippen molar-refractivity contribution in [2.24, 2.45) is 0 Å². The Balaban J connectivity index is 1.76. The van der Waals surface area contributed by atoms with E-state index in [0.717, 1.165) is 5.39 Å². The second kappa shape index (κ2) is 6.68. The summed E-state index contributed by atoms with van der Waals surface area (Å²) in [5.74, 6) is 1.43. The average Bonchev–Trinajstić information content (AvgIpc) is 3.24. The van der Waals surface area contributed by atoms with E-state index in [2.05, 4.69) is 9.97 Å². The lowest BCUT2D eigenvalue weighted by atomic mass is 10.0. The fourth-order valence-corrected chi connectivity index (χ4v) is 4.10. The number of hydrogen-bond acceptors (Lipinski definition) is 7. The first-order chi connectivity index (χ1) is 13.7. The second-order valence-electron chi connectivity index (χ2n) is 8.26. The quantitative estimate of drug-likeness (QED) is 0.689. The Bertz CT molecular complexity index is 1090. The lowest BCUT2D eigenvalue weighted by molar-refractivity contribution is 0.0763. The predicted molar refractivity (Wildman–Crippen MR) is 111 cm³/mol. The fourth-order valence-electron chi connectivity index (χ4n) is 4.10.